The number of nitrogens with one attached hydrogen (secondary N) is 3. The van der Waals surface area contributed by atoms with Crippen molar-refractivity contribution in [3.63, 3.8) is 0 Å². The van der Waals surface area contributed by atoms with Crippen molar-refractivity contribution in [2.24, 2.45) is 4.99 Å². The van der Waals surface area contributed by atoms with Gasteiger partial charge in [0.05, 0.1) is 12.7 Å². The van der Waals surface area contributed by atoms with E-state index < -0.39 is 0 Å². The Morgan fingerprint density at radius 3 is 2.93 bits per heavy atom. The third kappa shape index (κ3) is 7.97. The number of guanidine groups is 1. The standard InChI is InChI=1S/C20H32N4O3/c1-21-19(25)17-7-3-6-16(14-17)9-11-24-20(22-2)23-10-5-12-26-15-18-8-4-13-27-18/h3,6-7,14,18H,4-5,8-13,15H2,1-2H3,(H,21,25)(H2,22,23,24). The number of hydrogen-bond acceptors (Lipinski definition) is 4. The molecule has 1 fully saturated rings. The third-order valence-electron chi connectivity index (χ3n) is 4.43. The van der Waals surface area contributed by atoms with Gasteiger partial charge in [0.2, 0.25) is 0 Å². The van der Waals surface area contributed by atoms with Crippen LogP contribution in [0.3, 0.4) is 0 Å². The molecular formula is C20H32N4O3. The van der Waals surface area contributed by atoms with E-state index in [0.717, 1.165) is 63.5 Å². The summed E-state index contributed by atoms with van der Waals surface area (Å²) in [6, 6.07) is 7.67. The van der Waals surface area contributed by atoms with E-state index in [1.807, 2.05) is 24.3 Å². The lowest BCUT2D eigenvalue weighted by molar-refractivity contribution is 0.0168. The van der Waals surface area contributed by atoms with Gasteiger partial charge in [-0.25, -0.2) is 0 Å². The zero-order chi connectivity index (χ0) is 19.3. The molecule has 27 heavy (non-hydrogen) atoms. The first-order valence-electron chi connectivity index (χ1n) is 9.68. The van der Waals surface area contributed by atoms with E-state index in [4.69, 9.17) is 9.47 Å². The Balaban J connectivity index is 1.57. The zero-order valence-corrected chi connectivity index (χ0v) is 16.4. The molecule has 0 saturated carbocycles. The summed E-state index contributed by atoms with van der Waals surface area (Å²) in [5, 5.41) is 9.22. The fourth-order valence-electron chi connectivity index (χ4n) is 2.93. The molecule has 1 aromatic carbocycles. The maximum atomic E-state index is 11.7. The second kappa shape index (κ2) is 12.3. The molecule has 2 rings (SSSR count). The molecule has 1 heterocycles. The number of nitrogens with zero attached hydrogens (tertiary/aromatic N) is 1. The number of ether oxygens (including phenoxy) is 2. The fraction of sp³-hybridized carbons (Fsp3) is 0.600. The van der Waals surface area contributed by atoms with Gasteiger partial charge in [-0.2, -0.15) is 0 Å². The van der Waals surface area contributed by atoms with E-state index in [2.05, 4.69) is 20.9 Å². The van der Waals surface area contributed by atoms with E-state index in [1.165, 1.54) is 0 Å². The number of rotatable bonds is 10. The second-order valence-corrected chi connectivity index (χ2v) is 6.52. The predicted octanol–water partition coefficient (Wildman–Crippen LogP) is 1.34. The van der Waals surface area contributed by atoms with Crippen molar-refractivity contribution in [3.8, 4) is 0 Å². The third-order valence-corrected chi connectivity index (χ3v) is 4.43. The summed E-state index contributed by atoms with van der Waals surface area (Å²) in [4.78, 5) is 15.9. The van der Waals surface area contributed by atoms with Crippen LogP contribution in [0.25, 0.3) is 0 Å². The van der Waals surface area contributed by atoms with E-state index in [1.54, 1.807) is 14.1 Å². The highest BCUT2D eigenvalue weighted by molar-refractivity contribution is 5.94. The zero-order valence-electron chi connectivity index (χ0n) is 16.4. The Kier molecular flexibility index (Phi) is 9.65. The summed E-state index contributed by atoms with van der Waals surface area (Å²) in [5.74, 6) is 0.709. The summed E-state index contributed by atoms with van der Waals surface area (Å²) >= 11 is 0. The lowest BCUT2D eigenvalue weighted by Gasteiger charge is -2.13. The number of carbonyl (C=O) groups excluding carboxylic acids is 1. The molecule has 7 heteroatoms. The monoisotopic (exact) mass is 376 g/mol. The molecule has 1 aliphatic rings. The van der Waals surface area contributed by atoms with Crippen molar-refractivity contribution in [1.82, 2.24) is 16.0 Å². The Labute approximate surface area is 161 Å². The summed E-state index contributed by atoms with van der Waals surface area (Å²) in [6.45, 7) is 3.83. The first-order chi connectivity index (χ1) is 13.2. The highest BCUT2D eigenvalue weighted by Crippen LogP contribution is 2.11. The van der Waals surface area contributed by atoms with Crippen LogP contribution in [0.15, 0.2) is 29.3 Å². The van der Waals surface area contributed by atoms with Gasteiger partial charge in [-0.3, -0.25) is 9.79 Å². The average Bonchev–Trinajstić information content (AvgIpc) is 3.22. The van der Waals surface area contributed by atoms with Crippen LogP contribution >= 0.6 is 0 Å². The normalized spacial score (nSPS) is 17.0. The largest absolute Gasteiger partial charge is 0.379 e. The van der Waals surface area contributed by atoms with Crippen LogP contribution in [0, 0.1) is 0 Å². The molecule has 0 aliphatic carbocycles. The minimum atomic E-state index is -0.0657. The SMILES string of the molecule is CN=C(NCCCOCC1CCCO1)NCCc1cccc(C(=O)NC)c1. The van der Waals surface area contributed by atoms with Crippen LogP contribution in [0.4, 0.5) is 0 Å². The molecule has 150 valence electrons. The Bertz CT molecular complexity index is 601. The van der Waals surface area contributed by atoms with Crippen LogP contribution in [-0.4, -0.2) is 65.0 Å². The molecule has 1 aromatic rings. The quantitative estimate of drug-likeness (QED) is 0.326. The molecule has 0 spiro atoms. The first kappa shape index (κ1) is 21.2. The number of benzene rings is 1. The van der Waals surface area contributed by atoms with Gasteiger partial charge in [-0.05, 0) is 43.4 Å². The maximum absolute atomic E-state index is 11.7. The molecular weight excluding hydrogens is 344 g/mol. The smallest absolute Gasteiger partial charge is 0.251 e. The van der Waals surface area contributed by atoms with Crippen molar-refractivity contribution in [3.05, 3.63) is 35.4 Å². The number of aliphatic imine (C=N–C) groups is 1. The van der Waals surface area contributed by atoms with Crippen molar-refractivity contribution in [2.75, 3.05) is 47.0 Å². The molecule has 1 aliphatic heterocycles. The molecule has 0 radical (unpaired) electrons. The molecule has 1 unspecified atom stereocenters. The minimum Gasteiger partial charge on any atom is -0.379 e. The molecule has 0 aromatic heterocycles. The van der Waals surface area contributed by atoms with Crippen molar-refractivity contribution in [2.45, 2.75) is 31.8 Å². The lowest BCUT2D eigenvalue weighted by Crippen LogP contribution is -2.39. The molecule has 3 N–H and O–H groups in total. The molecule has 1 amide bonds. The predicted molar refractivity (Wildman–Crippen MR) is 107 cm³/mol. The van der Waals surface area contributed by atoms with Crippen LogP contribution in [0.5, 0.6) is 0 Å². The van der Waals surface area contributed by atoms with E-state index in [0.29, 0.717) is 12.2 Å². The maximum Gasteiger partial charge on any atom is 0.251 e. The summed E-state index contributed by atoms with van der Waals surface area (Å²) < 4.78 is 11.2. The molecule has 0 bridgehead atoms. The van der Waals surface area contributed by atoms with Crippen molar-refractivity contribution in [1.29, 1.82) is 0 Å². The Morgan fingerprint density at radius 2 is 2.19 bits per heavy atom. The van der Waals surface area contributed by atoms with Crippen LogP contribution in [0.1, 0.15) is 35.2 Å². The second-order valence-electron chi connectivity index (χ2n) is 6.52. The van der Waals surface area contributed by atoms with E-state index >= 15 is 0 Å². The molecule has 1 atom stereocenters. The van der Waals surface area contributed by atoms with Gasteiger partial charge in [0.25, 0.3) is 5.91 Å². The molecule has 1 saturated heterocycles. The highest BCUT2D eigenvalue weighted by Gasteiger charge is 2.14. The Morgan fingerprint density at radius 1 is 1.33 bits per heavy atom. The van der Waals surface area contributed by atoms with Gasteiger partial charge in [0.1, 0.15) is 0 Å². The summed E-state index contributed by atoms with van der Waals surface area (Å²) in [6.07, 6.45) is 4.28. The number of amides is 1. The van der Waals surface area contributed by atoms with Gasteiger partial charge in [0, 0.05) is 46.0 Å². The lowest BCUT2D eigenvalue weighted by atomic mass is 10.1. The first-order valence-corrected chi connectivity index (χ1v) is 9.68. The van der Waals surface area contributed by atoms with Crippen LogP contribution < -0.4 is 16.0 Å². The van der Waals surface area contributed by atoms with Gasteiger partial charge >= 0.3 is 0 Å². The fourth-order valence-corrected chi connectivity index (χ4v) is 2.93. The summed E-state index contributed by atoms with van der Waals surface area (Å²) in [7, 11) is 3.40. The van der Waals surface area contributed by atoms with Gasteiger partial charge in [-0.1, -0.05) is 12.1 Å². The molecule has 7 nitrogen and oxygen atoms in total. The van der Waals surface area contributed by atoms with Gasteiger partial charge in [0.15, 0.2) is 5.96 Å². The van der Waals surface area contributed by atoms with Crippen molar-refractivity contribution < 1.29 is 14.3 Å². The summed E-state index contributed by atoms with van der Waals surface area (Å²) in [5.41, 5.74) is 1.79. The average molecular weight is 377 g/mol. The highest BCUT2D eigenvalue weighted by atomic mass is 16.5. The topological polar surface area (TPSA) is 84.0 Å². The number of carbonyl (C=O) groups is 1. The van der Waals surface area contributed by atoms with Gasteiger partial charge < -0.3 is 25.4 Å². The van der Waals surface area contributed by atoms with E-state index in [-0.39, 0.29) is 12.0 Å². The number of hydrogen-bond donors (Lipinski definition) is 3. The van der Waals surface area contributed by atoms with Crippen LogP contribution in [0.2, 0.25) is 0 Å². The van der Waals surface area contributed by atoms with Crippen LogP contribution in [-0.2, 0) is 15.9 Å². The van der Waals surface area contributed by atoms with Crippen molar-refractivity contribution >= 4 is 11.9 Å². The minimum absolute atomic E-state index is 0.0657. The Hall–Kier alpha value is -2.12. The van der Waals surface area contributed by atoms with Gasteiger partial charge in [-0.15, -0.1) is 0 Å². The van der Waals surface area contributed by atoms with E-state index in [9.17, 15) is 4.79 Å².